The Balaban J connectivity index is 1.21. The van der Waals surface area contributed by atoms with E-state index in [-0.39, 0.29) is 0 Å². The Labute approximate surface area is 180 Å². The largest absolute Gasteiger partial charge is 0.369 e. The molecule has 1 fully saturated rings. The Kier molecular flexibility index (Phi) is 6.50. The predicted molar refractivity (Wildman–Crippen MR) is 125 cm³/mol. The molecule has 0 saturated carbocycles. The van der Waals surface area contributed by atoms with Gasteiger partial charge in [0.1, 0.15) is 0 Å². The lowest BCUT2D eigenvalue weighted by Crippen LogP contribution is -2.48. The first kappa shape index (κ1) is 20.6. The van der Waals surface area contributed by atoms with Gasteiger partial charge in [-0.05, 0) is 50.6 Å². The molecule has 0 atom stereocenters. The second-order valence-electron chi connectivity index (χ2n) is 8.32. The normalized spacial score (nSPS) is 15.0. The zero-order chi connectivity index (χ0) is 20.9. The van der Waals surface area contributed by atoms with Gasteiger partial charge in [0, 0.05) is 57.2 Å². The highest BCUT2D eigenvalue weighted by Crippen LogP contribution is 2.22. The van der Waals surface area contributed by atoms with E-state index in [2.05, 4.69) is 72.3 Å². The molecule has 30 heavy (non-hydrogen) atoms. The molecule has 0 bridgehead atoms. The summed E-state index contributed by atoms with van der Waals surface area (Å²) in [6.45, 7) is 13.8. The maximum atomic E-state index is 4.76. The van der Waals surface area contributed by atoms with E-state index in [0.717, 1.165) is 57.2 Å². The van der Waals surface area contributed by atoms with Crippen molar-refractivity contribution in [1.29, 1.82) is 0 Å². The molecule has 0 amide bonds. The van der Waals surface area contributed by atoms with Gasteiger partial charge in [-0.3, -0.25) is 4.90 Å². The van der Waals surface area contributed by atoms with Crippen LogP contribution in [-0.4, -0.2) is 53.9 Å². The standard InChI is InChI=1S/C25H33N5/c1-20-9-10-25(21(2)17-20)29-15-13-28(14-16-29)12-11-26-19-23-18-22(3)30(27-23)24-7-5-4-6-8-24/h4-10,17-18,26H,11-16,19H2,1-3H3. The van der Waals surface area contributed by atoms with Crippen LogP contribution in [-0.2, 0) is 6.54 Å². The van der Waals surface area contributed by atoms with Crippen LogP contribution in [0.15, 0.2) is 54.6 Å². The molecule has 2 aromatic carbocycles. The van der Waals surface area contributed by atoms with Crippen molar-refractivity contribution < 1.29 is 0 Å². The van der Waals surface area contributed by atoms with Crippen LogP contribution >= 0.6 is 0 Å². The SMILES string of the molecule is Cc1ccc(N2CCN(CCNCc3cc(C)n(-c4ccccc4)n3)CC2)c(C)c1. The number of nitrogens with zero attached hydrogens (tertiary/aromatic N) is 4. The van der Waals surface area contributed by atoms with Crippen molar-refractivity contribution in [1.82, 2.24) is 20.0 Å². The summed E-state index contributed by atoms with van der Waals surface area (Å²) in [5.74, 6) is 0. The molecule has 1 saturated heterocycles. The van der Waals surface area contributed by atoms with E-state index in [1.54, 1.807) is 0 Å². The summed E-state index contributed by atoms with van der Waals surface area (Å²) in [6, 6.07) is 19.3. The summed E-state index contributed by atoms with van der Waals surface area (Å²) in [5.41, 5.74) is 7.49. The lowest BCUT2D eigenvalue weighted by Gasteiger charge is -2.37. The Morgan fingerprint density at radius 3 is 2.40 bits per heavy atom. The molecule has 5 heteroatoms. The number of benzene rings is 2. The molecule has 1 aromatic heterocycles. The summed E-state index contributed by atoms with van der Waals surface area (Å²) in [5, 5.41) is 8.32. The van der Waals surface area contributed by atoms with Gasteiger partial charge < -0.3 is 10.2 Å². The molecule has 0 unspecified atom stereocenters. The first-order valence-corrected chi connectivity index (χ1v) is 11.0. The summed E-state index contributed by atoms with van der Waals surface area (Å²) < 4.78 is 2.02. The van der Waals surface area contributed by atoms with E-state index < -0.39 is 0 Å². The minimum absolute atomic E-state index is 0.809. The maximum Gasteiger partial charge on any atom is 0.0769 e. The third-order valence-electron chi connectivity index (χ3n) is 5.91. The summed E-state index contributed by atoms with van der Waals surface area (Å²) in [7, 11) is 0. The van der Waals surface area contributed by atoms with Gasteiger partial charge in [-0.15, -0.1) is 0 Å². The Morgan fingerprint density at radius 1 is 0.900 bits per heavy atom. The second kappa shape index (κ2) is 9.45. The van der Waals surface area contributed by atoms with Crippen molar-refractivity contribution in [2.75, 3.05) is 44.2 Å². The van der Waals surface area contributed by atoms with Crippen LogP contribution in [0.25, 0.3) is 5.69 Å². The fourth-order valence-electron chi connectivity index (χ4n) is 4.28. The minimum atomic E-state index is 0.809. The number of nitrogens with one attached hydrogen (secondary N) is 1. The fourth-order valence-corrected chi connectivity index (χ4v) is 4.28. The van der Waals surface area contributed by atoms with Gasteiger partial charge >= 0.3 is 0 Å². The number of aryl methyl sites for hydroxylation is 3. The van der Waals surface area contributed by atoms with E-state index in [1.807, 2.05) is 22.9 Å². The molecule has 0 radical (unpaired) electrons. The van der Waals surface area contributed by atoms with Crippen LogP contribution in [0.1, 0.15) is 22.5 Å². The lowest BCUT2D eigenvalue weighted by molar-refractivity contribution is 0.257. The topological polar surface area (TPSA) is 36.3 Å². The Hall–Kier alpha value is -2.63. The number of anilines is 1. The molecule has 1 aliphatic heterocycles. The van der Waals surface area contributed by atoms with Gasteiger partial charge in [-0.25, -0.2) is 4.68 Å². The van der Waals surface area contributed by atoms with E-state index in [9.17, 15) is 0 Å². The van der Waals surface area contributed by atoms with Crippen LogP contribution < -0.4 is 10.2 Å². The number of hydrogen-bond acceptors (Lipinski definition) is 4. The van der Waals surface area contributed by atoms with Gasteiger partial charge in [-0.2, -0.15) is 5.10 Å². The minimum Gasteiger partial charge on any atom is -0.369 e. The van der Waals surface area contributed by atoms with Crippen molar-refractivity contribution in [3.05, 3.63) is 77.1 Å². The monoisotopic (exact) mass is 403 g/mol. The van der Waals surface area contributed by atoms with Crippen molar-refractivity contribution in [3.63, 3.8) is 0 Å². The van der Waals surface area contributed by atoms with Gasteiger partial charge in [0.15, 0.2) is 0 Å². The van der Waals surface area contributed by atoms with E-state index in [0.29, 0.717) is 0 Å². The Morgan fingerprint density at radius 2 is 1.67 bits per heavy atom. The van der Waals surface area contributed by atoms with E-state index >= 15 is 0 Å². The quantitative estimate of drug-likeness (QED) is 0.610. The third kappa shape index (κ3) is 4.91. The molecule has 3 aromatic rings. The van der Waals surface area contributed by atoms with E-state index in [4.69, 9.17) is 5.10 Å². The molecule has 1 N–H and O–H groups in total. The van der Waals surface area contributed by atoms with E-state index in [1.165, 1.54) is 22.5 Å². The van der Waals surface area contributed by atoms with Crippen molar-refractivity contribution in [2.24, 2.45) is 0 Å². The van der Waals surface area contributed by atoms with Crippen LogP contribution in [0.3, 0.4) is 0 Å². The van der Waals surface area contributed by atoms with Crippen molar-refractivity contribution >= 4 is 5.69 Å². The maximum absolute atomic E-state index is 4.76. The number of aromatic nitrogens is 2. The summed E-state index contributed by atoms with van der Waals surface area (Å²) in [4.78, 5) is 5.08. The molecular weight excluding hydrogens is 370 g/mol. The smallest absolute Gasteiger partial charge is 0.0769 e. The van der Waals surface area contributed by atoms with Crippen molar-refractivity contribution in [3.8, 4) is 5.69 Å². The highest BCUT2D eigenvalue weighted by atomic mass is 15.3. The first-order chi connectivity index (χ1) is 14.6. The average Bonchev–Trinajstić information content (AvgIpc) is 3.13. The number of para-hydroxylation sites is 1. The van der Waals surface area contributed by atoms with Crippen LogP contribution in [0.4, 0.5) is 5.69 Å². The number of piperazine rings is 1. The van der Waals surface area contributed by atoms with Gasteiger partial charge in [0.2, 0.25) is 0 Å². The molecule has 0 spiro atoms. The Bertz CT molecular complexity index is 955. The molecule has 1 aliphatic rings. The zero-order valence-corrected chi connectivity index (χ0v) is 18.4. The highest BCUT2D eigenvalue weighted by molar-refractivity contribution is 5.54. The molecular formula is C25H33N5. The van der Waals surface area contributed by atoms with Crippen molar-refractivity contribution in [2.45, 2.75) is 27.3 Å². The third-order valence-corrected chi connectivity index (χ3v) is 5.91. The number of rotatable bonds is 7. The summed E-state index contributed by atoms with van der Waals surface area (Å²) >= 11 is 0. The molecule has 4 rings (SSSR count). The molecule has 2 heterocycles. The number of hydrogen-bond donors (Lipinski definition) is 1. The van der Waals surface area contributed by atoms with Crippen LogP contribution in [0, 0.1) is 20.8 Å². The first-order valence-electron chi connectivity index (χ1n) is 11.0. The zero-order valence-electron chi connectivity index (χ0n) is 18.4. The average molecular weight is 404 g/mol. The van der Waals surface area contributed by atoms with Gasteiger partial charge in [0.05, 0.1) is 11.4 Å². The van der Waals surface area contributed by atoms with Gasteiger partial charge in [-0.1, -0.05) is 35.9 Å². The molecule has 5 nitrogen and oxygen atoms in total. The second-order valence-corrected chi connectivity index (χ2v) is 8.32. The van der Waals surface area contributed by atoms with Crippen LogP contribution in [0.5, 0.6) is 0 Å². The summed E-state index contributed by atoms with van der Waals surface area (Å²) in [6.07, 6.45) is 0. The molecule has 158 valence electrons. The van der Waals surface area contributed by atoms with Crippen LogP contribution in [0.2, 0.25) is 0 Å². The predicted octanol–water partition coefficient (Wildman–Crippen LogP) is 3.71. The highest BCUT2D eigenvalue weighted by Gasteiger charge is 2.18. The fraction of sp³-hybridized carbons (Fsp3) is 0.400. The van der Waals surface area contributed by atoms with Gasteiger partial charge in [0.25, 0.3) is 0 Å². The lowest BCUT2D eigenvalue weighted by atomic mass is 10.1. The molecule has 0 aliphatic carbocycles.